The minimum atomic E-state index is 0.644. The summed E-state index contributed by atoms with van der Waals surface area (Å²) >= 11 is 1.58. The topological polar surface area (TPSA) is 53.5 Å². The quantitative estimate of drug-likeness (QED) is 0.359. The van der Waals surface area contributed by atoms with Crippen molar-refractivity contribution in [2.75, 3.05) is 21.3 Å². The summed E-state index contributed by atoms with van der Waals surface area (Å²) in [5.41, 5.74) is 3.66. The molecule has 0 saturated carbocycles. The van der Waals surface area contributed by atoms with Gasteiger partial charge in [0.2, 0.25) is 0 Å². The van der Waals surface area contributed by atoms with Crippen molar-refractivity contribution in [3.05, 3.63) is 78.9 Å². The summed E-state index contributed by atoms with van der Waals surface area (Å²) in [6, 6.07) is 25.9. The lowest BCUT2D eigenvalue weighted by Gasteiger charge is -2.13. The molecule has 0 aliphatic carbocycles. The van der Waals surface area contributed by atoms with Crippen molar-refractivity contribution < 1.29 is 14.2 Å². The number of ether oxygens (including phenoxy) is 3. The lowest BCUT2D eigenvalue weighted by atomic mass is 10.00. The van der Waals surface area contributed by atoms with Gasteiger partial charge in [0.1, 0.15) is 16.5 Å². The van der Waals surface area contributed by atoms with Gasteiger partial charge in [0, 0.05) is 16.0 Å². The van der Waals surface area contributed by atoms with Crippen LogP contribution in [0.2, 0.25) is 0 Å². The summed E-state index contributed by atoms with van der Waals surface area (Å²) < 4.78 is 16.2. The van der Waals surface area contributed by atoms with Crippen LogP contribution >= 0.6 is 11.8 Å². The van der Waals surface area contributed by atoms with E-state index in [4.69, 9.17) is 14.2 Å². The Balaban J connectivity index is 1.81. The molecule has 0 unspecified atom stereocenters. The summed E-state index contributed by atoms with van der Waals surface area (Å²) in [6.07, 6.45) is 0. The van der Waals surface area contributed by atoms with Crippen molar-refractivity contribution in [2.45, 2.75) is 9.92 Å². The molecule has 156 valence electrons. The van der Waals surface area contributed by atoms with Crippen molar-refractivity contribution in [2.24, 2.45) is 0 Å². The zero-order valence-electron chi connectivity index (χ0n) is 17.5. The average molecular weight is 431 g/mol. The van der Waals surface area contributed by atoms with E-state index in [1.54, 1.807) is 33.1 Å². The molecule has 0 radical (unpaired) electrons. The number of nitrogens with zero attached hydrogens (tertiary/aromatic N) is 2. The summed E-state index contributed by atoms with van der Waals surface area (Å²) in [5.74, 6) is 2.11. The highest BCUT2D eigenvalue weighted by Gasteiger charge is 2.15. The maximum Gasteiger partial charge on any atom is 0.161 e. The molecule has 0 spiro atoms. The van der Waals surface area contributed by atoms with Crippen LogP contribution in [0.3, 0.4) is 0 Å². The van der Waals surface area contributed by atoms with Gasteiger partial charge in [-0.2, -0.15) is 0 Å². The van der Waals surface area contributed by atoms with Crippen molar-refractivity contribution in [1.82, 2.24) is 10.2 Å². The standard InChI is InChI=1S/C25H22N2O3S/c1-28-19-12-9-17(10-13-19)21-16-24(31-20-7-5-4-6-8-20)26-27-25(21)18-11-14-22(29-2)23(15-18)30-3/h4-16H,1-3H3. The van der Waals surface area contributed by atoms with Gasteiger partial charge >= 0.3 is 0 Å². The third kappa shape index (κ3) is 4.64. The largest absolute Gasteiger partial charge is 0.497 e. The minimum absolute atomic E-state index is 0.644. The molecule has 0 bridgehead atoms. The number of methoxy groups -OCH3 is 3. The molecule has 0 fully saturated rings. The second kappa shape index (κ2) is 9.53. The Bertz CT molecular complexity index is 1170. The SMILES string of the molecule is COc1ccc(-c2cc(Sc3ccccc3)nnc2-c2ccc(OC)c(OC)c2)cc1. The minimum Gasteiger partial charge on any atom is -0.497 e. The Morgan fingerprint density at radius 2 is 1.35 bits per heavy atom. The Kier molecular flexibility index (Phi) is 6.38. The van der Waals surface area contributed by atoms with E-state index in [9.17, 15) is 0 Å². The first kappa shape index (κ1) is 20.8. The zero-order chi connectivity index (χ0) is 21.6. The molecular formula is C25H22N2O3S. The predicted molar refractivity (Wildman–Crippen MR) is 123 cm³/mol. The summed E-state index contributed by atoms with van der Waals surface area (Å²) in [6.45, 7) is 0. The van der Waals surface area contributed by atoms with E-state index in [-0.39, 0.29) is 0 Å². The zero-order valence-corrected chi connectivity index (χ0v) is 18.3. The van der Waals surface area contributed by atoms with Gasteiger partial charge in [-0.15, -0.1) is 10.2 Å². The first-order valence-electron chi connectivity index (χ1n) is 9.69. The number of hydrogen-bond donors (Lipinski definition) is 0. The molecule has 5 nitrogen and oxygen atoms in total. The highest BCUT2D eigenvalue weighted by atomic mass is 32.2. The second-order valence-corrected chi connectivity index (χ2v) is 7.75. The molecule has 4 aromatic rings. The molecule has 4 rings (SSSR count). The van der Waals surface area contributed by atoms with Crippen molar-refractivity contribution in [3.8, 4) is 39.6 Å². The van der Waals surface area contributed by atoms with Crippen LogP contribution in [-0.2, 0) is 0 Å². The van der Waals surface area contributed by atoms with Crippen LogP contribution in [0.5, 0.6) is 17.2 Å². The van der Waals surface area contributed by atoms with E-state index >= 15 is 0 Å². The summed E-state index contributed by atoms with van der Waals surface area (Å²) in [4.78, 5) is 1.11. The fourth-order valence-electron chi connectivity index (χ4n) is 3.22. The van der Waals surface area contributed by atoms with Gasteiger partial charge in [0.05, 0.1) is 21.3 Å². The van der Waals surface area contributed by atoms with Gasteiger partial charge in [0.15, 0.2) is 11.5 Å². The molecule has 0 N–H and O–H groups in total. The monoisotopic (exact) mass is 430 g/mol. The fourth-order valence-corrected chi connectivity index (χ4v) is 4.01. The molecule has 3 aromatic carbocycles. The van der Waals surface area contributed by atoms with Crippen molar-refractivity contribution in [1.29, 1.82) is 0 Å². The Morgan fingerprint density at radius 3 is 2.03 bits per heavy atom. The number of rotatable bonds is 7. The van der Waals surface area contributed by atoms with Gasteiger partial charge in [-0.3, -0.25) is 0 Å². The van der Waals surface area contributed by atoms with Crippen LogP contribution in [0.15, 0.2) is 88.8 Å². The number of benzene rings is 3. The molecular weight excluding hydrogens is 408 g/mol. The van der Waals surface area contributed by atoms with Crippen molar-refractivity contribution in [3.63, 3.8) is 0 Å². The van der Waals surface area contributed by atoms with Crippen LogP contribution in [0.4, 0.5) is 0 Å². The highest BCUT2D eigenvalue weighted by Crippen LogP contribution is 2.38. The van der Waals surface area contributed by atoms with E-state index in [0.717, 1.165) is 38.1 Å². The first-order valence-corrected chi connectivity index (χ1v) is 10.5. The molecule has 0 aliphatic rings. The third-order valence-corrected chi connectivity index (χ3v) is 5.71. The maximum atomic E-state index is 5.48. The van der Waals surface area contributed by atoms with Gasteiger partial charge < -0.3 is 14.2 Å². The lowest BCUT2D eigenvalue weighted by molar-refractivity contribution is 0.355. The Hall–Kier alpha value is -3.51. The van der Waals surface area contributed by atoms with E-state index < -0.39 is 0 Å². The average Bonchev–Trinajstić information content (AvgIpc) is 2.84. The van der Waals surface area contributed by atoms with Crippen LogP contribution in [0.25, 0.3) is 22.4 Å². The lowest BCUT2D eigenvalue weighted by Crippen LogP contribution is -1.96. The summed E-state index contributed by atoms with van der Waals surface area (Å²) in [7, 11) is 4.90. The molecule has 0 amide bonds. The van der Waals surface area contributed by atoms with Crippen LogP contribution in [0, 0.1) is 0 Å². The number of hydrogen-bond acceptors (Lipinski definition) is 6. The second-order valence-electron chi connectivity index (χ2n) is 6.66. The third-order valence-electron chi connectivity index (χ3n) is 4.80. The van der Waals surface area contributed by atoms with Crippen molar-refractivity contribution >= 4 is 11.8 Å². The normalized spacial score (nSPS) is 10.5. The first-order chi connectivity index (χ1) is 15.2. The van der Waals surface area contributed by atoms with Gasteiger partial charge in [-0.1, -0.05) is 42.1 Å². The van der Waals surface area contributed by atoms with E-state index in [0.29, 0.717) is 11.5 Å². The Morgan fingerprint density at radius 1 is 0.645 bits per heavy atom. The molecule has 0 aliphatic heterocycles. The van der Waals surface area contributed by atoms with Gasteiger partial charge in [0.25, 0.3) is 0 Å². The molecule has 0 atom stereocenters. The molecule has 31 heavy (non-hydrogen) atoms. The molecule has 1 aromatic heterocycles. The summed E-state index contributed by atoms with van der Waals surface area (Å²) in [5, 5.41) is 9.90. The van der Waals surface area contributed by atoms with Gasteiger partial charge in [-0.25, -0.2) is 0 Å². The van der Waals surface area contributed by atoms with E-state index in [1.807, 2.05) is 60.7 Å². The molecule has 6 heteroatoms. The molecule has 1 heterocycles. The van der Waals surface area contributed by atoms with Crippen LogP contribution in [0.1, 0.15) is 0 Å². The highest BCUT2D eigenvalue weighted by molar-refractivity contribution is 7.99. The maximum absolute atomic E-state index is 5.48. The number of aromatic nitrogens is 2. The van der Waals surface area contributed by atoms with E-state index in [2.05, 4.69) is 28.4 Å². The van der Waals surface area contributed by atoms with Crippen LogP contribution < -0.4 is 14.2 Å². The van der Waals surface area contributed by atoms with Crippen LogP contribution in [-0.4, -0.2) is 31.5 Å². The van der Waals surface area contributed by atoms with E-state index in [1.165, 1.54) is 0 Å². The fraction of sp³-hybridized carbons (Fsp3) is 0.120. The van der Waals surface area contributed by atoms with Gasteiger partial charge in [-0.05, 0) is 54.1 Å². The Labute approximate surface area is 186 Å². The smallest absolute Gasteiger partial charge is 0.161 e. The predicted octanol–water partition coefficient (Wildman–Crippen LogP) is 5.99. The molecule has 0 saturated heterocycles.